The summed E-state index contributed by atoms with van der Waals surface area (Å²) in [5, 5.41) is 3.30. The fourth-order valence-corrected chi connectivity index (χ4v) is 2.84. The minimum atomic E-state index is -0.179. The van der Waals surface area contributed by atoms with E-state index in [4.69, 9.17) is 0 Å². The average molecular weight is 301 g/mol. The molecule has 0 spiro atoms. The van der Waals surface area contributed by atoms with Crippen LogP contribution in [0.3, 0.4) is 0 Å². The third kappa shape index (κ3) is 2.80. The highest BCUT2D eigenvalue weighted by molar-refractivity contribution is 9.10. The van der Waals surface area contributed by atoms with E-state index in [1.165, 1.54) is 0 Å². The zero-order chi connectivity index (χ0) is 12.4. The van der Waals surface area contributed by atoms with E-state index in [1.807, 2.05) is 20.0 Å². The lowest BCUT2D eigenvalue weighted by Gasteiger charge is -2.34. The normalized spacial score (nSPS) is 17.5. The van der Waals surface area contributed by atoms with Gasteiger partial charge in [0.1, 0.15) is 5.82 Å². The maximum atomic E-state index is 13.6. The van der Waals surface area contributed by atoms with E-state index >= 15 is 0 Å². The van der Waals surface area contributed by atoms with Crippen molar-refractivity contribution in [2.75, 3.05) is 25.0 Å². The molecule has 2 nitrogen and oxygen atoms in total. The zero-order valence-corrected chi connectivity index (χ0v) is 11.8. The lowest BCUT2D eigenvalue weighted by Crippen LogP contribution is -2.41. The van der Waals surface area contributed by atoms with Gasteiger partial charge in [-0.15, -0.1) is 0 Å². The van der Waals surface area contributed by atoms with Crippen LogP contribution >= 0.6 is 15.9 Å². The molecule has 17 heavy (non-hydrogen) atoms. The van der Waals surface area contributed by atoms with Crippen molar-refractivity contribution < 1.29 is 4.39 Å². The molecule has 0 saturated carbocycles. The third-order valence-corrected chi connectivity index (χ3v) is 4.09. The fraction of sp³-hybridized carbons (Fsp3) is 0.538. The molecule has 2 rings (SSSR count). The van der Waals surface area contributed by atoms with E-state index in [2.05, 4.69) is 26.1 Å². The molecular formula is C13H18BrFN2. The molecule has 1 aromatic carbocycles. The number of hydrogen-bond donors (Lipinski definition) is 1. The summed E-state index contributed by atoms with van der Waals surface area (Å²) in [6.45, 7) is 4.02. The first-order valence-electron chi connectivity index (χ1n) is 5.99. The molecule has 1 fully saturated rings. The van der Waals surface area contributed by atoms with Gasteiger partial charge in [-0.25, -0.2) is 4.39 Å². The van der Waals surface area contributed by atoms with E-state index in [-0.39, 0.29) is 5.82 Å². The van der Waals surface area contributed by atoms with Crippen LogP contribution in [0.2, 0.25) is 0 Å². The summed E-state index contributed by atoms with van der Waals surface area (Å²) >= 11 is 3.22. The monoisotopic (exact) mass is 300 g/mol. The summed E-state index contributed by atoms with van der Waals surface area (Å²) < 4.78 is 14.1. The van der Waals surface area contributed by atoms with Crippen molar-refractivity contribution in [2.24, 2.45) is 0 Å². The molecule has 0 amide bonds. The summed E-state index contributed by atoms with van der Waals surface area (Å²) in [6.07, 6.45) is 2.24. The SMILES string of the molecule is CNC1CCN(c2cc(F)c(Br)cc2C)CC1. The molecule has 1 saturated heterocycles. The molecule has 1 heterocycles. The predicted molar refractivity (Wildman–Crippen MR) is 73.1 cm³/mol. The Labute approximate surface area is 110 Å². The number of benzene rings is 1. The van der Waals surface area contributed by atoms with Crippen LogP contribution in [0.15, 0.2) is 16.6 Å². The minimum Gasteiger partial charge on any atom is -0.371 e. The number of piperidine rings is 1. The van der Waals surface area contributed by atoms with Gasteiger partial charge in [0.25, 0.3) is 0 Å². The van der Waals surface area contributed by atoms with Gasteiger partial charge < -0.3 is 10.2 Å². The average Bonchev–Trinajstić information content (AvgIpc) is 2.34. The highest BCUT2D eigenvalue weighted by Crippen LogP contribution is 2.28. The van der Waals surface area contributed by atoms with Gasteiger partial charge in [-0.1, -0.05) is 0 Å². The number of anilines is 1. The Hall–Kier alpha value is -0.610. The predicted octanol–water partition coefficient (Wildman–Crippen LogP) is 3.08. The van der Waals surface area contributed by atoms with Crippen LogP contribution < -0.4 is 10.2 Å². The molecule has 0 unspecified atom stereocenters. The summed E-state index contributed by atoms with van der Waals surface area (Å²) in [4.78, 5) is 2.28. The summed E-state index contributed by atoms with van der Waals surface area (Å²) in [5.41, 5.74) is 2.15. The van der Waals surface area contributed by atoms with Gasteiger partial charge in [-0.2, -0.15) is 0 Å². The molecule has 1 aromatic rings. The van der Waals surface area contributed by atoms with Crippen molar-refractivity contribution in [3.05, 3.63) is 28.0 Å². The third-order valence-electron chi connectivity index (χ3n) is 3.48. The van der Waals surface area contributed by atoms with Crippen LogP contribution in [0.4, 0.5) is 10.1 Å². The number of hydrogen-bond acceptors (Lipinski definition) is 2. The molecule has 1 N–H and O–H groups in total. The lowest BCUT2D eigenvalue weighted by atomic mass is 10.0. The van der Waals surface area contributed by atoms with E-state index in [1.54, 1.807) is 6.07 Å². The number of nitrogens with one attached hydrogen (secondary N) is 1. The Morgan fingerprint density at radius 3 is 2.59 bits per heavy atom. The molecule has 0 aliphatic carbocycles. The number of halogens is 2. The molecule has 0 aromatic heterocycles. The largest absolute Gasteiger partial charge is 0.371 e. The molecule has 4 heteroatoms. The first kappa shape index (κ1) is 12.8. The van der Waals surface area contributed by atoms with Crippen LogP contribution in [-0.4, -0.2) is 26.2 Å². The molecular weight excluding hydrogens is 283 g/mol. The summed E-state index contributed by atoms with van der Waals surface area (Å²) in [5.74, 6) is -0.179. The van der Waals surface area contributed by atoms with Crippen LogP contribution in [0, 0.1) is 12.7 Å². The summed E-state index contributed by atoms with van der Waals surface area (Å²) in [6, 6.07) is 4.10. The Bertz CT molecular complexity index is 401. The van der Waals surface area contributed by atoms with E-state index in [0.717, 1.165) is 37.2 Å². The van der Waals surface area contributed by atoms with E-state index in [9.17, 15) is 4.39 Å². The Morgan fingerprint density at radius 1 is 1.35 bits per heavy atom. The van der Waals surface area contributed by atoms with Crippen molar-refractivity contribution in [3.8, 4) is 0 Å². The van der Waals surface area contributed by atoms with Crippen LogP contribution in [-0.2, 0) is 0 Å². The molecule has 0 bridgehead atoms. The molecule has 1 aliphatic rings. The number of rotatable bonds is 2. The second-order valence-electron chi connectivity index (χ2n) is 4.60. The zero-order valence-electron chi connectivity index (χ0n) is 10.3. The van der Waals surface area contributed by atoms with Gasteiger partial charge in [0.05, 0.1) is 4.47 Å². The van der Waals surface area contributed by atoms with E-state index < -0.39 is 0 Å². The van der Waals surface area contributed by atoms with Crippen molar-refractivity contribution >= 4 is 21.6 Å². The summed E-state index contributed by atoms with van der Waals surface area (Å²) in [7, 11) is 2.00. The lowest BCUT2D eigenvalue weighted by molar-refractivity contribution is 0.442. The fourth-order valence-electron chi connectivity index (χ4n) is 2.39. The standard InChI is InChI=1S/C13H18BrFN2/c1-9-7-11(14)12(15)8-13(9)17-5-3-10(16-2)4-6-17/h7-8,10,16H,3-6H2,1-2H3. The number of aryl methyl sites for hydroxylation is 1. The second-order valence-corrected chi connectivity index (χ2v) is 5.46. The smallest absolute Gasteiger partial charge is 0.139 e. The van der Waals surface area contributed by atoms with Crippen LogP contribution in [0.1, 0.15) is 18.4 Å². The highest BCUT2D eigenvalue weighted by atomic mass is 79.9. The molecule has 1 aliphatic heterocycles. The van der Waals surface area contributed by atoms with Crippen LogP contribution in [0.25, 0.3) is 0 Å². The van der Waals surface area contributed by atoms with Crippen molar-refractivity contribution in [1.82, 2.24) is 5.32 Å². The quantitative estimate of drug-likeness (QED) is 0.903. The van der Waals surface area contributed by atoms with Gasteiger partial charge in [-0.05, 0) is 60.4 Å². The minimum absolute atomic E-state index is 0.179. The van der Waals surface area contributed by atoms with Gasteiger partial charge in [0, 0.05) is 24.8 Å². The molecule has 0 atom stereocenters. The highest BCUT2D eigenvalue weighted by Gasteiger charge is 2.19. The van der Waals surface area contributed by atoms with Gasteiger partial charge in [0.2, 0.25) is 0 Å². The number of nitrogens with zero attached hydrogens (tertiary/aromatic N) is 1. The van der Waals surface area contributed by atoms with Gasteiger partial charge >= 0.3 is 0 Å². The Morgan fingerprint density at radius 2 is 2.00 bits per heavy atom. The van der Waals surface area contributed by atoms with Crippen molar-refractivity contribution in [2.45, 2.75) is 25.8 Å². The first-order chi connectivity index (χ1) is 8.11. The maximum Gasteiger partial charge on any atom is 0.139 e. The Kier molecular flexibility index (Phi) is 4.05. The first-order valence-corrected chi connectivity index (χ1v) is 6.79. The molecule has 0 radical (unpaired) electrons. The topological polar surface area (TPSA) is 15.3 Å². The van der Waals surface area contributed by atoms with Gasteiger partial charge in [0.15, 0.2) is 0 Å². The van der Waals surface area contributed by atoms with Gasteiger partial charge in [-0.3, -0.25) is 0 Å². The van der Waals surface area contributed by atoms with Crippen molar-refractivity contribution in [3.63, 3.8) is 0 Å². The van der Waals surface area contributed by atoms with Crippen molar-refractivity contribution in [1.29, 1.82) is 0 Å². The maximum absolute atomic E-state index is 13.6. The second kappa shape index (κ2) is 5.36. The molecule has 94 valence electrons. The Balaban J connectivity index is 2.16. The van der Waals surface area contributed by atoms with Crippen LogP contribution in [0.5, 0.6) is 0 Å². The van der Waals surface area contributed by atoms with E-state index in [0.29, 0.717) is 10.5 Å².